The van der Waals surface area contributed by atoms with Crippen molar-refractivity contribution in [2.45, 2.75) is 44.4 Å². The molecule has 0 aromatic heterocycles. The molecule has 1 unspecified atom stereocenters. The summed E-state index contributed by atoms with van der Waals surface area (Å²) in [5, 5.41) is 11.4. The first-order chi connectivity index (χ1) is 13.6. The number of rotatable bonds is 8. The minimum absolute atomic E-state index is 0.170. The first-order valence-corrected chi connectivity index (χ1v) is 10.8. The van der Waals surface area contributed by atoms with Crippen LogP contribution in [0.25, 0.3) is 0 Å². The molecule has 7 heteroatoms. The molecule has 156 valence electrons. The molecule has 2 saturated heterocycles. The third-order valence-electron chi connectivity index (χ3n) is 5.83. The largest absolute Gasteiger partial charge is 0.385 e. The van der Waals surface area contributed by atoms with E-state index in [9.17, 15) is 5.11 Å². The van der Waals surface area contributed by atoms with Crippen molar-refractivity contribution >= 4 is 17.3 Å². The highest BCUT2D eigenvalue weighted by Gasteiger charge is 2.46. The van der Waals surface area contributed by atoms with Crippen LogP contribution in [0.1, 0.15) is 19.8 Å². The molecule has 4 atom stereocenters. The van der Waals surface area contributed by atoms with Gasteiger partial charge in [0.05, 0.1) is 6.61 Å². The maximum Gasteiger partial charge on any atom is 0.186 e. The quantitative estimate of drug-likeness (QED) is 0.710. The normalized spacial score (nSPS) is 31.5. The van der Waals surface area contributed by atoms with Gasteiger partial charge in [0.25, 0.3) is 0 Å². The predicted molar refractivity (Wildman–Crippen MR) is 109 cm³/mol. The van der Waals surface area contributed by atoms with Crippen LogP contribution in [0.4, 0.5) is 5.69 Å². The Kier molecular flexibility index (Phi) is 6.76. The zero-order valence-corrected chi connectivity index (χ0v) is 17.3. The molecule has 3 aliphatic rings. The zero-order valence-electron chi connectivity index (χ0n) is 16.5. The smallest absolute Gasteiger partial charge is 0.186 e. The van der Waals surface area contributed by atoms with Gasteiger partial charge in [-0.05, 0) is 43.9 Å². The lowest BCUT2D eigenvalue weighted by Gasteiger charge is -2.37. The average molecular weight is 411 g/mol. The summed E-state index contributed by atoms with van der Waals surface area (Å²) in [7, 11) is 0. The molecular formula is C21H31ClN2O4. The molecule has 1 saturated carbocycles. The Labute approximate surface area is 172 Å². The van der Waals surface area contributed by atoms with Gasteiger partial charge in [-0.3, -0.25) is 4.90 Å². The molecule has 4 rings (SSSR count). The molecule has 1 aliphatic carbocycles. The maximum atomic E-state index is 10.6. The highest BCUT2D eigenvalue weighted by Crippen LogP contribution is 2.32. The first-order valence-electron chi connectivity index (χ1n) is 10.4. The van der Waals surface area contributed by atoms with Crippen molar-refractivity contribution in [2.75, 3.05) is 50.8 Å². The van der Waals surface area contributed by atoms with Gasteiger partial charge in [0.1, 0.15) is 18.3 Å². The van der Waals surface area contributed by atoms with E-state index in [1.165, 1.54) is 18.5 Å². The lowest BCUT2D eigenvalue weighted by molar-refractivity contribution is -0.169. The molecule has 6 nitrogen and oxygen atoms in total. The molecule has 1 N–H and O–H groups in total. The van der Waals surface area contributed by atoms with Gasteiger partial charge in [-0.25, -0.2) is 0 Å². The molecular weight excluding hydrogens is 380 g/mol. The van der Waals surface area contributed by atoms with Crippen LogP contribution in [0.15, 0.2) is 24.3 Å². The number of hydrogen-bond donors (Lipinski definition) is 1. The molecule has 1 aromatic carbocycles. The van der Waals surface area contributed by atoms with Gasteiger partial charge in [-0.2, -0.15) is 0 Å². The van der Waals surface area contributed by atoms with Gasteiger partial charge in [-0.15, -0.1) is 0 Å². The van der Waals surface area contributed by atoms with E-state index in [0.717, 1.165) is 37.7 Å². The molecule has 0 spiro atoms. The summed E-state index contributed by atoms with van der Waals surface area (Å²) >= 11 is 6.13. The van der Waals surface area contributed by atoms with Crippen molar-refractivity contribution in [3.8, 4) is 0 Å². The Bertz CT molecular complexity index is 637. The summed E-state index contributed by atoms with van der Waals surface area (Å²) in [6.07, 6.45) is 0.638. The highest BCUT2D eigenvalue weighted by atomic mass is 35.5. The molecule has 2 heterocycles. The highest BCUT2D eigenvalue weighted by molar-refractivity contribution is 6.30. The number of halogens is 1. The monoisotopic (exact) mass is 410 g/mol. The van der Waals surface area contributed by atoms with Crippen molar-refractivity contribution < 1.29 is 19.3 Å². The van der Waals surface area contributed by atoms with E-state index in [1.807, 2.05) is 25.1 Å². The number of benzene rings is 1. The third kappa shape index (κ3) is 4.99. The molecule has 0 amide bonds. The molecule has 0 radical (unpaired) electrons. The van der Waals surface area contributed by atoms with Crippen LogP contribution >= 0.6 is 11.6 Å². The minimum atomic E-state index is -0.726. The summed E-state index contributed by atoms with van der Waals surface area (Å²) in [5.74, 6) is 0.639. The van der Waals surface area contributed by atoms with Crippen LogP contribution in [-0.2, 0) is 14.2 Å². The Morgan fingerprint density at radius 2 is 1.96 bits per heavy atom. The summed E-state index contributed by atoms with van der Waals surface area (Å²) in [4.78, 5) is 4.74. The van der Waals surface area contributed by atoms with Crippen LogP contribution in [-0.4, -0.2) is 80.5 Å². The Morgan fingerprint density at radius 1 is 1.18 bits per heavy atom. The van der Waals surface area contributed by atoms with Gasteiger partial charge in [-0.1, -0.05) is 17.7 Å². The fraction of sp³-hybridized carbons (Fsp3) is 0.714. The van der Waals surface area contributed by atoms with E-state index in [4.69, 9.17) is 25.8 Å². The fourth-order valence-corrected chi connectivity index (χ4v) is 4.20. The van der Waals surface area contributed by atoms with Gasteiger partial charge in [0.15, 0.2) is 6.29 Å². The van der Waals surface area contributed by atoms with Crippen LogP contribution < -0.4 is 4.90 Å². The Hall–Kier alpha value is -0.890. The number of ether oxygens (including phenoxy) is 3. The predicted octanol–water partition coefficient (Wildman–Crippen LogP) is 2.38. The van der Waals surface area contributed by atoms with Crippen molar-refractivity contribution in [3.63, 3.8) is 0 Å². The van der Waals surface area contributed by atoms with Gasteiger partial charge >= 0.3 is 0 Å². The van der Waals surface area contributed by atoms with E-state index >= 15 is 0 Å². The van der Waals surface area contributed by atoms with Crippen LogP contribution in [0.5, 0.6) is 0 Å². The van der Waals surface area contributed by atoms with Gasteiger partial charge < -0.3 is 24.2 Å². The van der Waals surface area contributed by atoms with Crippen molar-refractivity contribution in [1.29, 1.82) is 0 Å². The van der Waals surface area contributed by atoms with Crippen molar-refractivity contribution in [1.82, 2.24) is 4.90 Å². The SMILES string of the molecule is CCO[C@H]1[C@@H](CN2CCN(c3cccc(Cl)c3)CC2)OC(OCC2CC2)[C@@H]1O. The summed E-state index contributed by atoms with van der Waals surface area (Å²) < 4.78 is 17.7. The molecule has 3 fully saturated rings. The Morgan fingerprint density at radius 3 is 2.64 bits per heavy atom. The van der Waals surface area contributed by atoms with E-state index in [0.29, 0.717) is 19.1 Å². The third-order valence-corrected chi connectivity index (χ3v) is 6.06. The minimum Gasteiger partial charge on any atom is -0.385 e. The van der Waals surface area contributed by atoms with E-state index in [1.54, 1.807) is 0 Å². The van der Waals surface area contributed by atoms with Crippen LogP contribution in [0, 0.1) is 5.92 Å². The van der Waals surface area contributed by atoms with Crippen LogP contribution in [0.2, 0.25) is 5.02 Å². The number of aliphatic hydroxyl groups excluding tert-OH is 1. The molecule has 1 aromatic rings. The number of aliphatic hydroxyl groups is 1. The van der Waals surface area contributed by atoms with E-state index < -0.39 is 12.4 Å². The fourth-order valence-electron chi connectivity index (χ4n) is 4.02. The topological polar surface area (TPSA) is 54.4 Å². The molecule has 28 heavy (non-hydrogen) atoms. The number of anilines is 1. The zero-order chi connectivity index (χ0) is 19.5. The lowest BCUT2D eigenvalue weighted by atomic mass is 10.1. The second kappa shape index (κ2) is 9.28. The van der Waals surface area contributed by atoms with Crippen molar-refractivity contribution in [3.05, 3.63) is 29.3 Å². The van der Waals surface area contributed by atoms with E-state index in [2.05, 4.69) is 15.9 Å². The Balaban J connectivity index is 1.30. The van der Waals surface area contributed by atoms with Gasteiger partial charge in [0.2, 0.25) is 0 Å². The molecule has 2 aliphatic heterocycles. The number of hydrogen-bond acceptors (Lipinski definition) is 6. The van der Waals surface area contributed by atoms with Crippen LogP contribution in [0.3, 0.4) is 0 Å². The van der Waals surface area contributed by atoms with Crippen molar-refractivity contribution in [2.24, 2.45) is 5.92 Å². The number of nitrogens with zero attached hydrogens (tertiary/aromatic N) is 2. The standard InChI is InChI=1S/C21H31ClN2O4/c1-2-26-20-18(28-21(19(20)25)27-14-15-6-7-15)13-23-8-10-24(11-9-23)17-5-3-4-16(22)12-17/h3-5,12,15,18-21,25H,2,6-11,13-14H2,1H3/t18-,19-,20+,21?/m1/s1. The second-order valence-electron chi connectivity index (χ2n) is 8.00. The summed E-state index contributed by atoms with van der Waals surface area (Å²) in [6, 6.07) is 8.01. The lowest BCUT2D eigenvalue weighted by Crippen LogP contribution is -2.50. The number of piperazine rings is 1. The second-order valence-corrected chi connectivity index (χ2v) is 8.43. The molecule has 0 bridgehead atoms. The first kappa shape index (κ1) is 20.4. The van der Waals surface area contributed by atoms with Gasteiger partial charge in [0, 0.05) is 50.0 Å². The van der Waals surface area contributed by atoms with E-state index in [-0.39, 0.29) is 12.2 Å². The average Bonchev–Trinajstić information content (AvgIpc) is 3.48. The summed E-state index contributed by atoms with van der Waals surface area (Å²) in [5.41, 5.74) is 1.17. The summed E-state index contributed by atoms with van der Waals surface area (Å²) in [6.45, 7) is 7.68. The maximum absolute atomic E-state index is 10.6.